The fourth-order valence-electron chi connectivity index (χ4n) is 1.41. The number of nitrogens with zero attached hydrogens (tertiary/aromatic N) is 3. The molecule has 1 aromatic heterocycles. The Hall–Kier alpha value is -1.56. The van der Waals surface area contributed by atoms with Gasteiger partial charge in [-0.1, -0.05) is 6.92 Å². The van der Waals surface area contributed by atoms with Gasteiger partial charge in [0.25, 0.3) is 0 Å². The van der Waals surface area contributed by atoms with E-state index < -0.39 is 0 Å². The molecule has 0 spiro atoms. The molecule has 0 N–H and O–H groups in total. The SMILES string of the molecule is CCCN(C)c1nccc(C)c1C#N. The van der Waals surface area contributed by atoms with Crippen LogP contribution in [0, 0.1) is 18.3 Å². The summed E-state index contributed by atoms with van der Waals surface area (Å²) in [4.78, 5) is 6.25. The number of aromatic nitrogens is 1. The average molecular weight is 189 g/mol. The summed E-state index contributed by atoms with van der Waals surface area (Å²) >= 11 is 0. The van der Waals surface area contributed by atoms with Crippen molar-refractivity contribution in [1.82, 2.24) is 4.98 Å². The first kappa shape index (κ1) is 10.5. The van der Waals surface area contributed by atoms with Crippen LogP contribution in [0.4, 0.5) is 5.82 Å². The van der Waals surface area contributed by atoms with Gasteiger partial charge < -0.3 is 4.90 Å². The highest BCUT2D eigenvalue weighted by molar-refractivity contribution is 5.56. The number of hydrogen-bond donors (Lipinski definition) is 0. The van der Waals surface area contributed by atoms with E-state index in [9.17, 15) is 0 Å². The Labute approximate surface area is 85.0 Å². The van der Waals surface area contributed by atoms with Crippen LogP contribution < -0.4 is 4.90 Å². The van der Waals surface area contributed by atoms with Crippen LogP contribution >= 0.6 is 0 Å². The highest BCUT2D eigenvalue weighted by Gasteiger charge is 2.09. The van der Waals surface area contributed by atoms with E-state index in [1.54, 1.807) is 6.20 Å². The third-order valence-electron chi connectivity index (χ3n) is 2.17. The van der Waals surface area contributed by atoms with Gasteiger partial charge in [-0.25, -0.2) is 4.98 Å². The Morgan fingerprint density at radius 1 is 1.57 bits per heavy atom. The Morgan fingerprint density at radius 3 is 2.86 bits per heavy atom. The van der Waals surface area contributed by atoms with E-state index in [1.807, 2.05) is 24.9 Å². The van der Waals surface area contributed by atoms with Gasteiger partial charge in [0.05, 0.1) is 5.56 Å². The van der Waals surface area contributed by atoms with Gasteiger partial charge in [0.1, 0.15) is 11.9 Å². The molecule has 0 aliphatic carbocycles. The highest BCUT2D eigenvalue weighted by atomic mass is 15.2. The first-order valence-electron chi connectivity index (χ1n) is 4.77. The van der Waals surface area contributed by atoms with Crippen molar-refractivity contribution in [3.05, 3.63) is 23.4 Å². The lowest BCUT2D eigenvalue weighted by Gasteiger charge is -2.18. The fraction of sp³-hybridized carbons (Fsp3) is 0.455. The molecule has 0 aromatic carbocycles. The minimum Gasteiger partial charge on any atom is -0.359 e. The number of rotatable bonds is 3. The standard InChI is InChI=1S/C11H15N3/c1-4-7-14(3)11-10(8-12)9(2)5-6-13-11/h5-6H,4,7H2,1-3H3. The van der Waals surface area contributed by atoms with Crippen molar-refractivity contribution in [2.45, 2.75) is 20.3 Å². The summed E-state index contributed by atoms with van der Waals surface area (Å²) in [6.07, 6.45) is 2.80. The Morgan fingerprint density at radius 2 is 2.29 bits per heavy atom. The third kappa shape index (κ3) is 2.02. The lowest BCUT2D eigenvalue weighted by atomic mass is 10.1. The second-order valence-electron chi connectivity index (χ2n) is 3.36. The summed E-state index contributed by atoms with van der Waals surface area (Å²) in [6.45, 7) is 4.97. The largest absolute Gasteiger partial charge is 0.359 e. The van der Waals surface area contributed by atoms with Gasteiger partial charge in [-0.05, 0) is 25.0 Å². The number of anilines is 1. The smallest absolute Gasteiger partial charge is 0.146 e. The summed E-state index contributed by atoms with van der Waals surface area (Å²) in [5.74, 6) is 0.786. The quantitative estimate of drug-likeness (QED) is 0.731. The summed E-state index contributed by atoms with van der Waals surface area (Å²) in [7, 11) is 1.96. The van der Waals surface area contributed by atoms with Crippen LogP contribution in [0.1, 0.15) is 24.5 Å². The minimum atomic E-state index is 0.684. The van der Waals surface area contributed by atoms with E-state index >= 15 is 0 Å². The first-order valence-corrected chi connectivity index (χ1v) is 4.77. The van der Waals surface area contributed by atoms with E-state index in [2.05, 4.69) is 18.0 Å². The molecule has 3 heteroatoms. The van der Waals surface area contributed by atoms with Crippen molar-refractivity contribution in [1.29, 1.82) is 5.26 Å². The van der Waals surface area contributed by atoms with Crippen molar-refractivity contribution >= 4 is 5.82 Å². The summed E-state index contributed by atoms with van der Waals surface area (Å²) < 4.78 is 0. The van der Waals surface area contributed by atoms with Crippen molar-refractivity contribution in [3.63, 3.8) is 0 Å². The number of nitriles is 1. The molecule has 1 rings (SSSR count). The van der Waals surface area contributed by atoms with Gasteiger partial charge in [0.2, 0.25) is 0 Å². The number of hydrogen-bond acceptors (Lipinski definition) is 3. The predicted molar refractivity (Wildman–Crippen MR) is 57.3 cm³/mol. The molecule has 0 saturated heterocycles. The summed E-state index contributed by atoms with van der Waals surface area (Å²) in [6, 6.07) is 4.06. The molecule has 1 aromatic rings. The minimum absolute atomic E-state index is 0.684. The van der Waals surface area contributed by atoms with Crippen LogP contribution in [0.3, 0.4) is 0 Å². The predicted octanol–water partition coefficient (Wildman–Crippen LogP) is 2.11. The summed E-state index contributed by atoms with van der Waals surface area (Å²) in [5, 5.41) is 9.00. The maximum absolute atomic E-state index is 9.00. The van der Waals surface area contributed by atoms with Crippen LogP contribution in [-0.2, 0) is 0 Å². The van der Waals surface area contributed by atoms with Gasteiger partial charge in [0, 0.05) is 19.8 Å². The van der Waals surface area contributed by atoms with Gasteiger partial charge in [-0.15, -0.1) is 0 Å². The van der Waals surface area contributed by atoms with E-state index in [1.165, 1.54) is 0 Å². The van der Waals surface area contributed by atoms with E-state index in [0.29, 0.717) is 5.56 Å². The van der Waals surface area contributed by atoms with Crippen LogP contribution in [0.15, 0.2) is 12.3 Å². The molecule has 0 bridgehead atoms. The van der Waals surface area contributed by atoms with Crippen LogP contribution in [0.5, 0.6) is 0 Å². The van der Waals surface area contributed by atoms with Crippen molar-refractivity contribution in [2.24, 2.45) is 0 Å². The van der Waals surface area contributed by atoms with Crippen molar-refractivity contribution in [3.8, 4) is 6.07 Å². The molecule has 1 heterocycles. The zero-order chi connectivity index (χ0) is 10.6. The zero-order valence-electron chi connectivity index (χ0n) is 8.91. The van der Waals surface area contributed by atoms with Crippen molar-refractivity contribution in [2.75, 3.05) is 18.5 Å². The molecule has 0 amide bonds. The lowest BCUT2D eigenvalue weighted by Crippen LogP contribution is -2.20. The van der Waals surface area contributed by atoms with Gasteiger partial charge in [-0.2, -0.15) is 5.26 Å². The van der Waals surface area contributed by atoms with E-state index in [0.717, 1.165) is 24.3 Å². The van der Waals surface area contributed by atoms with Crippen LogP contribution in [0.2, 0.25) is 0 Å². The maximum atomic E-state index is 9.00. The highest BCUT2D eigenvalue weighted by Crippen LogP contribution is 2.18. The first-order chi connectivity index (χ1) is 6.70. The second kappa shape index (κ2) is 4.61. The Bertz CT molecular complexity index is 352. The molecular formula is C11H15N3. The van der Waals surface area contributed by atoms with Crippen LogP contribution in [-0.4, -0.2) is 18.6 Å². The third-order valence-corrected chi connectivity index (χ3v) is 2.17. The Balaban J connectivity index is 3.08. The van der Waals surface area contributed by atoms with Gasteiger partial charge in [0.15, 0.2) is 0 Å². The zero-order valence-corrected chi connectivity index (χ0v) is 8.91. The van der Waals surface area contributed by atoms with Gasteiger partial charge >= 0.3 is 0 Å². The Kier molecular flexibility index (Phi) is 3.47. The molecule has 0 aliphatic heterocycles. The molecule has 0 unspecified atom stereocenters. The van der Waals surface area contributed by atoms with E-state index in [-0.39, 0.29) is 0 Å². The second-order valence-corrected chi connectivity index (χ2v) is 3.36. The molecule has 74 valence electrons. The number of aryl methyl sites for hydroxylation is 1. The van der Waals surface area contributed by atoms with E-state index in [4.69, 9.17) is 5.26 Å². The molecule has 0 atom stereocenters. The molecule has 14 heavy (non-hydrogen) atoms. The van der Waals surface area contributed by atoms with Crippen LogP contribution in [0.25, 0.3) is 0 Å². The van der Waals surface area contributed by atoms with Crippen molar-refractivity contribution < 1.29 is 0 Å². The molecule has 0 aliphatic rings. The molecular weight excluding hydrogens is 174 g/mol. The topological polar surface area (TPSA) is 39.9 Å². The monoisotopic (exact) mass is 189 g/mol. The molecule has 0 radical (unpaired) electrons. The molecule has 0 fully saturated rings. The maximum Gasteiger partial charge on any atom is 0.146 e. The average Bonchev–Trinajstić information content (AvgIpc) is 2.17. The fourth-order valence-corrected chi connectivity index (χ4v) is 1.41. The summed E-state index contributed by atoms with van der Waals surface area (Å²) in [5.41, 5.74) is 1.67. The molecule has 0 saturated carbocycles. The normalized spacial score (nSPS) is 9.57. The molecule has 3 nitrogen and oxygen atoms in total. The van der Waals surface area contributed by atoms with Gasteiger partial charge in [-0.3, -0.25) is 0 Å². The number of pyridine rings is 1. The lowest BCUT2D eigenvalue weighted by molar-refractivity contribution is 0.835.